The van der Waals surface area contributed by atoms with Gasteiger partial charge in [-0.3, -0.25) is 0 Å². The summed E-state index contributed by atoms with van der Waals surface area (Å²) in [6.45, 7) is 3.73. The summed E-state index contributed by atoms with van der Waals surface area (Å²) in [6.07, 6.45) is 0. The third-order valence-corrected chi connectivity index (χ3v) is 1.71. The van der Waals surface area contributed by atoms with Crippen LogP contribution >= 0.6 is 22.6 Å². The second-order valence-corrected chi connectivity index (χ2v) is 3.21. The smallest absolute Gasteiger partial charge is 0.0992 e. The highest BCUT2D eigenvalue weighted by Crippen LogP contribution is 2.10. The molecule has 10 heavy (non-hydrogen) atoms. The maximum absolute atomic E-state index is 8.51. The molecule has 1 rings (SSSR count). The molecule has 49 valence electrons. The minimum atomic E-state index is 0.678. The Morgan fingerprint density at radius 3 is 2.60 bits per heavy atom. The molecule has 0 aliphatic carbocycles. The molecule has 0 saturated heterocycles. The van der Waals surface area contributed by atoms with Crippen LogP contribution in [0.15, 0.2) is 18.2 Å². The first-order valence-electron chi connectivity index (χ1n) is 2.75. The SMILES string of the molecule is [CH2]c1cc(I)cc(C#N)c1. The van der Waals surface area contributed by atoms with E-state index in [-0.39, 0.29) is 0 Å². The zero-order chi connectivity index (χ0) is 7.56. The van der Waals surface area contributed by atoms with E-state index in [2.05, 4.69) is 35.6 Å². The lowest BCUT2D eigenvalue weighted by Crippen LogP contribution is -1.79. The molecule has 0 aliphatic heterocycles. The molecular weight excluding hydrogens is 237 g/mol. The number of benzene rings is 1. The highest BCUT2D eigenvalue weighted by Gasteiger charge is 1.92. The molecule has 0 unspecified atom stereocenters. The molecule has 0 aliphatic rings. The third kappa shape index (κ3) is 1.71. The van der Waals surface area contributed by atoms with Gasteiger partial charge in [0.05, 0.1) is 11.6 Å². The summed E-state index contributed by atoms with van der Waals surface area (Å²) in [5, 5.41) is 8.51. The Kier molecular flexibility index (Phi) is 2.28. The van der Waals surface area contributed by atoms with Gasteiger partial charge in [0.25, 0.3) is 0 Å². The van der Waals surface area contributed by atoms with Gasteiger partial charge in [0, 0.05) is 3.57 Å². The molecule has 0 fully saturated rings. The van der Waals surface area contributed by atoms with Gasteiger partial charge in [-0.2, -0.15) is 5.26 Å². The van der Waals surface area contributed by atoms with Crippen LogP contribution in [0.2, 0.25) is 0 Å². The fourth-order valence-electron chi connectivity index (χ4n) is 0.715. The van der Waals surface area contributed by atoms with Crippen LogP contribution in [0.5, 0.6) is 0 Å². The topological polar surface area (TPSA) is 23.8 Å². The Balaban J connectivity index is 3.22. The highest BCUT2D eigenvalue weighted by atomic mass is 127. The van der Waals surface area contributed by atoms with E-state index in [1.807, 2.05) is 12.1 Å². The fraction of sp³-hybridized carbons (Fsp3) is 0. The molecule has 1 aromatic carbocycles. The molecule has 0 spiro atoms. The van der Waals surface area contributed by atoms with Crippen molar-refractivity contribution in [2.24, 2.45) is 0 Å². The zero-order valence-corrected chi connectivity index (χ0v) is 7.42. The lowest BCUT2D eigenvalue weighted by Gasteiger charge is -1.93. The lowest BCUT2D eigenvalue weighted by atomic mass is 10.2. The predicted octanol–water partition coefficient (Wildman–Crippen LogP) is 2.35. The van der Waals surface area contributed by atoms with Gasteiger partial charge in [0.1, 0.15) is 0 Å². The van der Waals surface area contributed by atoms with Gasteiger partial charge in [0.2, 0.25) is 0 Å². The van der Waals surface area contributed by atoms with E-state index in [1.165, 1.54) is 0 Å². The Bertz CT molecular complexity index is 266. The number of hydrogen-bond acceptors (Lipinski definition) is 1. The average molecular weight is 242 g/mol. The largest absolute Gasteiger partial charge is 0.192 e. The molecule has 2 heteroatoms. The van der Waals surface area contributed by atoms with Crippen LogP contribution < -0.4 is 0 Å². The first-order chi connectivity index (χ1) is 4.72. The summed E-state index contributed by atoms with van der Waals surface area (Å²) in [4.78, 5) is 0. The minimum Gasteiger partial charge on any atom is -0.192 e. The first kappa shape index (κ1) is 7.55. The Morgan fingerprint density at radius 2 is 2.10 bits per heavy atom. The number of halogens is 1. The van der Waals surface area contributed by atoms with Crippen LogP contribution in [0.4, 0.5) is 0 Å². The van der Waals surface area contributed by atoms with Crippen LogP contribution in [0.3, 0.4) is 0 Å². The molecule has 0 amide bonds. The molecule has 0 bridgehead atoms. The molecule has 0 N–H and O–H groups in total. The maximum Gasteiger partial charge on any atom is 0.0992 e. The van der Waals surface area contributed by atoms with E-state index in [0.29, 0.717) is 5.56 Å². The van der Waals surface area contributed by atoms with Crippen LogP contribution in [0.25, 0.3) is 0 Å². The molecule has 1 radical (unpaired) electrons. The standard InChI is InChI=1S/C8H5IN/c1-6-2-7(5-10)4-8(9)3-6/h2-4H,1H2. The van der Waals surface area contributed by atoms with Gasteiger partial charge in [-0.05, 0) is 53.3 Å². The van der Waals surface area contributed by atoms with Gasteiger partial charge in [-0.15, -0.1) is 0 Å². The zero-order valence-electron chi connectivity index (χ0n) is 5.26. The second-order valence-electron chi connectivity index (χ2n) is 1.96. The number of nitriles is 1. The Hall–Kier alpha value is -0.560. The highest BCUT2D eigenvalue weighted by molar-refractivity contribution is 14.1. The molecular formula is C8H5IN. The average Bonchev–Trinajstić information content (AvgIpc) is 1.85. The number of nitrogens with zero attached hydrogens (tertiary/aromatic N) is 1. The molecule has 0 atom stereocenters. The Morgan fingerprint density at radius 1 is 1.40 bits per heavy atom. The van der Waals surface area contributed by atoms with Gasteiger partial charge < -0.3 is 0 Å². The fourth-order valence-corrected chi connectivity index (χ4v) is 1.45. The van der Waals surface area contributed by atoms with Crippen LogP contribution in [-0.2, 0) is 0 Å². The molecule has 0 heterocycles. The molecule has 1 nitrogen and oxygen atoms in total. The minimum absolute atomic E-state index is 0.678. The van der Waals surface area contributed by atoms with E-state index in [1.54, 1.807) is 6.07 Å². The predicted molar refractivity (Wildman–Crippen MR) is 48.3 cm³/mol. The van der Waals surface area contributed by atoms with Crippen molar-refractivity contribution >= 4 is 22.6 Å². The van der Waals surface area contributed by atoms with Crippen molar-refractivity contribution < 1.29 is 0 Å². The lowest BCUT2D eigenvalue weighted by molar-refractivity contribution is 1.46. The summed E-state index contributed by atoms with van der Waals surface area (Å²) in [6, 6.07) is 7.59. The van der Waals surface area contributed by atoms with Crippen LogP contribution in [0, 0.1) is 21.8 Å². The summed E-state index contributed by atoms with van der Waals surface area (Å²) in [5.41, 5.74) is 1.57. The van der Waals surface area contributed by atoms with E-state index < -0.39 is 0 Å². The van der Waals surface area contributed by atoms with Crippen molar-refractivity contribution in [3.05, 3.63) is 39.8 Å². The van der Waals surface area contributed by atoms with E-state index in [0.717, 1.165) is 9.13 Å². The van der Waals surface area contributed by atoms with Crippen molar-refractivity contribution in [1.82, 2.24) is 0 Å². The van der Waals surface area contributed by atoms with E-state index in [9.17, 15) is 0 Å². The summed E-state index contributed by atoms with van der Waals surface area (Å²) >= 11 is 2.16. The summed E-state index contributed by atoms with van der Waals surface area (Å²) in [5.74, 6) is 0. The van der Waals surface area contributed by atoms with E-state index in [4.69, 9.17) is 5.26 Å². The van der Waals surface area contributed by atoms with Crippen molar-refractivity contribution in [3.8, 4) is 6.07 Å². The van der Waals surface area contributed by atoms with Gasteiger partial charge in [-0.25, -0.2) is 0 Å². The van der Waals surface area contributed by atoms with Crippen molar-refractivity contribution in [2.45, 2.75) is 0 Å². The second kappa shape index (κ2) is 3.02. The van der Waals surface area contributed by atoms with Gasteiger partial charge in [0.15, 0.2) is 0 Å². The van der Waals surface area contributed by atoms with E-state index >= 15 is 0 Å². The first-order valence-corrected chi connectivity index (χ1v) is 3.83. The van der Waals surface area contributed by atoms with Crippen molar-refractivity contribution in [2.75, 3.05) is 0 Å². The maximum atomic E-state index is 8.51. The molecule has 0 aromatic heterocycles. The van der Waals surface area contributed by atoms with Gasteiger partial charge >= 0.3 is 0 Å². The van der Waals surface area contributed by atoms with Gasteiger partial charge in [-0.1, -0.05) is 0 Å². The normalized spacial score (nSPS) is 8.90. The monoisotopic (exact) mass is 242 g/mol. The number of rotatable bonds is 0. The number of hydrogen-bond donors (Lipinski definition) is 0. The van der Waals surface area contributed by atoms with Crippen molar-refractivity contribution in [1.29, 1.82) is 5.26 Å². The third-order valence-electron chi connectivity index (χ3n) is 1.09. The summed E-state index contributed by atoms with van der Waals surface area (Å²) in [7, 11) is 0. The molecule has 1 aromatic rings. The summed E-state index contributed by atoms with van der Waals surface area (Å²) < 4.78 is 1.06. The molecule has 0 saturated carbocycles. The Labute approximate surface area is 73.8 Å². The van der Waals surface area contributed by atoms with Crippen LogP contribution in [0.1, 0.15) is 11.1 Å². The van der Waals surface area contributed by atoms with Crippen LogP contribution in [-0.4, -0.2) is 0 Å². The van der Waals surface area contributed by atoms with Crippen molar-refractivity contribution in [3.63, 3.8) is 0 Å². The quantitative estimate of drug-likeness (QED) is 0.640.